The van der Waals surface area contributed by atoms with E-state index in [9.17, 15) is 19.6 Å². The van der Waals surface area contributed by atoms with E-state index in [1.807, 2.05) is 0 Å². The Kier molecular flexibility index (Phi) is 3.26. The lowest BCUT2D eigenvalue weighted by Crippen LogP contribution is -1.89. The molecule has 3 rings (SSSR count). The Hall–Kier alpha value is -3.29. The normalized spacial score (nSPS) is 10.6. The predicted molar refractivity (Wildman–Crippen MR) is 75.5 cm³/mol. The van der Waals surface area contributed by atoms with Gasteiger partial charge in [-0.1, -0.05) is 0 Å². The molecular formula is C14H9FN4O3. The number of halogens is 1. The van der Waals surface area contributed by atoms with Gasteiger partial charge < -0.3 is 5.11 Å². The summed E-state index contributed by atoms with van der Waals surface area (Å²) in [6.07, 6.45) is 0. The molecule has 8 heteroatoms. The van der Waals surface area contributed by atoms with Gasteiger partial charge in [-0.05, 0) is 30.3 Å². The molecule has 0 atom stereocenters. The van der Waals surface area contributed by atoms with E-state index in [1.165, 1.54) is 42.5 Å². The van der Waals surface area contributed by atoms with E-state index in [0.29, 0.717) is 11.4 Å². The number of phenolic OH excluding ortho intramolecular Hbond substituents is 1. The first-order valence-electron chi connectivity index (χ1n) is 6.21. The van der Waals surface area contributed by atoms with Crippen molar-refractivity contribution in [1.29, 1.82) is 0 Å². The fourth-order valence-electron chi connectivity index (χ4n) is 1.94. The molecule has 2 aromatic carbocycles. The third kappa shape index (κ3) is 2.49. The average molecular weight is 300 g/mol. The Labute approximate surface area is 123 Å². The summed E-state index contributed by atoms with van der Waals surface area (Å²) in [7, 11) is 0. The molecule has 0 amide bonds. The van der Waals surface area contributed by atoms with E-state index in [-0.39, 0.29) is 28.6 Å². The molecule has 7 nitrogen and oxygen atoms in total. The highest BCUT2D eigenvalue weighted by Crippen LogP contribution is 2.31. The molecule has 3 aromatic rings. The summed E-state index contributed by atoms with van der Waals surface area (Å²) in [4.78, 5) is 14.4. The first kappa shape index (κ1) is 13.7. The quantitative estimate of drug-likeness (QED) is 0.571. The molecule has 0 aliphatic rings. The minimum Gasteiger partial charge on any atom is -0.507 e. The zero-order chi connectivity index (χ0) is 15.7. The largest absolute Gasteiger partial charge is 0.507 e. The van der Waals surface area contributed by atoms with Gasteiger partial charge in [0.25, 0.3) is 5.69 Å². The topological polar surface area (TPSA) is 105 Å². The van der Waals surface area contributed by atoms with Crippen LogP contribution in [-0.2, 0) is 0 Å². The molecule has 0 bridgehead atoms. The lowest BCUT2D eigenvalue weighted by atomic mass is 10.1. The second kappa shape index (κ2) is 5.24. The molecule has 0 aliphatic carbocycles. The third-order valence-electron chi connectivity index (χ3n) is 3.03. The van der Waals surface area contributed by atoms with Crippen molar-refractivity contribution in [3.05, 3.63) is 58.4 Å². The van der Waals surface area contributed by atoms with Crippen LogP contribution in [0.1, 0.15) is 0 Å². The molecule has 0 saturated heterocycles. The molecule has 0 unspecified atom stereocenters. The number of nitro groups is 1. The number of phenols is 1. The van der Waals surface area contributed by atoms with Crippen LogP contribution in [0.15, 0.2) is 42.5 Å². The van der Waals surface area contributed by atoms with E-state index in [4.69, 9.17) is 0 Å². The summed E-state index contributed by atoms with van der Waals surface area (Å²) >= 11 is 0. The van der Waals surface area contributed by atoms with Crippen molar-refractivity contribution in [3.8, 4) is 28.5 Å². The molecule has 0 aliphatic heterocycles. The number of nitro benzene ring substituents is 1. The Morgan fingerprint density at radius 1 is 1.18 bits per heavy atom. The number of rotatable bonds is 3. The SMILES string of the molecule is O=[N+]([O-])c1ccc(O)c(-c2nc(-c3ccc(F)cc3)n[nH]2)c1. The minimum absolute atomic E-state index is 0.160. The Morgan fingerprint density at radius 2 is 1.91 bits per heavy atom. The lowest BCUT2D eigenvalue weighted by molar-refractivity contribution is -0.384. The van der Waals surface area contributed by atoms with Gasteiger partial charge in [0.2, 0.25) is 0 Å². The van der Waals surface area contributed by atoms with Gasteiger partial charge in [-0.25, -0.2) is 9.37 Å². The number of H-pyrrole nitrogens is 1. The standard InChI is InChI=1S/C14H9FN4O3/c15-9-3-1-8(2-4-9)13-16-14(18-17-13)11-7-10(19(21)22)5-6-12(11)20/h1-7,20H,(H,16,17,18). The fourth-order valence-corrected chi connectivity index (χ4v) is 1.94. The Balaban J connectivity index is 2.02. The number of aromatic nitrogens is 3. The van der Waals surface area contributed by atoms with Crippen LogP contribution in [-0.4, -0.2) is 25.2 Å². The number of non-ortho nitro benzene ring substituents is 1. The van der Waals surface area contributed by atoms with Crippen molar-refractivity contribution in [3.63, 3.8) is 0 Å². The zero-order valence-electron chi connectivity index (χ0n) is 11.0. The average Bonchev–Trinajstić information content (AvgIpc) is 2.98. The molecular weight excluding hydrogens is 291 g/mol. The number of aromatic amines is 1. The van der Waals surface area contributed by atoms with Crippen LogP contribution in [0.4, 0.5) is 10.1 Å². The maximum atomic E-state index is 12.9. The molecule has 1 heterocycles. The lowest BCUT2D eigenvalue weighted by Gasteiger charge is -2.00. The van der Waals surface area contributed by atoms with E-state index in [2.05, 4.69) is 15.2 Å². The van der Waals surface area contributed by atoms with Crippen LogP contribution in [0, 0.1) is 15.9 Å². The monoisotopic (exact) mass is 300 g/mol. The third-order valence-corrected chi connectivity index (χ3v) is 3.03. The van der Waals surface area contributed by atoms with Crippen LogP contribution in [0.2, 0.25) is 0 Å². The van der Waals surface area contributed by atoms with Crippen LogP contribution in [0.3, 0.4) is 0 Å². The highest BCUT2D eigenvalue weighted by atomic mass is 19.1. The summed E-state index contributed by atoms with van der Waals surface area (Å²) in [5.41, 5.74) is 0.566. The van der Waals surface area contributed by atoms with Gasteiger partial charge in [0.1, 0.15) is 11.6 Å². The molecule has 2 N–H and O–H groups in total. The Bertz CT molecular complexity index is 846. The van der Waals surface area contributed by atoms with E-state index >= 15 is 0 Å². The van der Waals surface area contributed by atoms with Gasteiger partial charge >= 0.3 is 0 Å². The van der Waals surface area contributed by atoms with Gasteiger partial charge in [0.15, 0.2) is 11.6 Å². The summed E-state index contributed by atoms with van der Waals surface area (Å²) in [6, 6.07) is 9.17. The van der Waals surface area contributed by atoms with E-state index in [0.717, 1.165) is 0 Å². The minimum atomic E-state index is -0.569. The Morgan fingerprint density at radius 3 is 2.59 bits per heavy atom. The van der Waals surface area contributed by atoms with Crippen LogP contribution >= 0.6 is 0 Å². The number of hydrogen-bond acceptors (Lipinski definition) is 5. The molecule has 110 valence electrons. The first-order valence-corrected chi connectivity index (χ1v) is 6.21. The van der Waals surface area contributed by atoms with Gasteiger partial charge in [0.05, 0.1) is 10.5 Å². The molecule has 0 radical (unpaired) electrons. The van der Waals surface area contributed by atoms with Crippen LogP contribution in [0.5, 0.6) is 5.75 Å². The summed E-state index contributed by atoms with van der Waals surface area (Å²) in [5.74, 6) is -0.0651. The number of hydrogen-bond donors (Lipinski definition) is 2. The number of nitrogens with one attached hydrogen (secondary N) is 1. The highest BCUT2D eigenvalue weighted by Gasteiger charge is 2.15. The highest BCUT2D eigenvalue weighted by molar-refractivity contribution is 5.68. The second-order valence-corrected chi connectivity index (χ2v) is 4.47. The molecule has 0 saturated carbocycles. The number of nitrogens with zero attached hydrogens (tertiary/aromatic N) is 3. The van der Waals surface area contributed by atoms with E-state index in [1.54, 1.807) is 0 Å². The number of benzene rings is 2. The van der Waals surface area contributed by atoms with Crippen LogP contribution in [0.25, 0.3) is 22.8 Å². The zero-order valence-corrected chi connectivity index (χ0v) is 11.0. The maximum Gasteiger partial charge on any atom is 0.270 e. The maximum absolute atomic E-state index is 12.9. The number of aromatic hydroxyl groups is 1. The van der Waals surface area contributed by atoms with Crippen molar-refractivity contribution in [2.75, 3.05) is 0 Å². The van der Waals surface area contributed by atoms with Crippen molar-refractivity contribution in [1.82, 2.24) is 15.2 Å². The summed E-state index contributed by atoms with van der Waals surface area (Å²) < 4.78 is 12.9. The van der Waals surface area contributed by atoms with Crippen molar-refractivity contribution >= 4 is 5.69 Å². The molecule has 0 fully saturated rings. The van der Waals surface area contributed by atoms with Crippen molar-refractivity contribution in [2.24, 2.45) is 0 Å². The van der Waals surface area contributed by atoms with Gasteiger partial charge in [0, 0.05) is 17.7 Å². The van der Waals surface area contributed by atoms with Crippen molar-refractivity contribution < 1.29 is 14.4 Å². The summed E-state index contributed by atoms with van der Waals surface area (Å²) in [5, 5.41) is 27.2. The van der Waals surface area contributed by atoms with Gasteiger partial charge in [-0.3, -0.25) is 15.2 Å². The molecule has 1 aromatic heterocycles. The smallest absolute Gasteiger partial charge is 0.270 e. The fraction of sp³-hybridized carbons (Fsp3) is 0. The predicted octanol–water partition coefficient (Wildman–Crippen LogP) is 2.89. The summed E-state index contributed by atoms with van der Waals surface area (Å²) in [6.45, 7) is 0. The molecule has 22 heavy (non-hydrogen) atoms. The molecule has 0 spiro atoms. The first-order chi connectivity index (χ1) is 10.5. The van der Waals surface area contributed by atoms with Crippen molar-refractivity contribution in [2.45, 2.75) is 0 Å². The van der Waals surface area contributed by atoms with Gasteiger partial charge in [-0.15, -0.1) is 0 Å². The second-order valence-electron chi connectivity index (χ2n) is 4.47. The van der Waals surface area contributed by atoms with Gasteiger partial charge in [-0.2, -0.15) is 5.10 Å². The van der Waals surface area contributed by atoms with Crippen LogP contribution < -0.4 is 0 Å². The van der Waals surface area contributed by atoms with E-state index < -0.39 is 4.92 Å².